The van der Waals surface area contributed by atoms with Gasteiger partial charge in [-0.15, -0.1) is 0 Å². The molecule has 3 N–H and O–H groups in total. The first kappa shape index (κ1) is 16.8. The maximum absolute atomic E-state index is 11.8. The van der Waals surface area contributed by atoms with E-state index in [2.05, 4.69) is 26.6 Å². The molecule has 0 aliphatic carbocycles. The Kier molecular flexibility index (Phi) is 6.87. The molecule has 0 saturated carbocycles. The Morgan fingerprint density at radius 3 is 2.70 bits per heavy atom. The van der Waals surface area contributed by atoms with Gasteiger partial charge in [-0.1, -0.05) is 15.9 Å². The Morgan fingerprint density at radius 2 is 2.15 bits per heavy atom. The number of anilines is 1. The summed E-state index contributed by atoms with van der Waals surface area (Å²) in [5, 5.41) is 14.1. The van der Waals surface area contributed by atoms with E-state index in [1.54, 1.807) is 23.9 Å². The van der Waals surface area contributed by atoms with Gasteiger partial charge in [0.1, 0.15) is 6.04 Å². The molecule has 1 atom stereocenters. The van der Waals surface area contributed by atoms with Gasteiger partial charge in [-0.05, 0) is 49.1 Å². The van der Waals surface area contributed by atoms with Gasteiger partial charge in [-0.3, -0.25) is 0 Å². The van der Waals surface area contributed by atoms with E-state index in [1.165, 1.54) is 0 Å². The molecule has 20 heavy (non-hydrogen) atoms. The molecule has 0 fully saturated rings. The average molecular weight is 361 g/mol. The number of amides is 2. The molecule has 1 aromatic carbocycles. The first-order valence-electron chi connectivity index (χ1n) is 5.99. The fraction of sp³-hybridized carbons (Fsp3) is 0.385. The summed E-state index contributed by atoms with van der Waals surface area (Å²) in [5.41, 5.74) is 1.61. The molecular weight excluding hydrogens is 344 g/mol. The summed E-state index contributed by atoms with van der Waals surface area (Å²) in [4.78, 5) is 22.8. The fourth-order valence-electron chi connectivity index (χ4n) is 1.54. The number of hydrogen-bond acceptors (Lipinski definition) is 3. The second kappa shape index (κ2) is 8.16. The van der Waals surface area contributed by atoms with Crippen LogP contribution in [0.2, 0.25) is 0 Å². The van der Waals surface area contributed by atoms with E-state index in [1.807, 2.05) is 19.2 Å². The topological polar surface area (TPSA) is 78.4 Å². The number of thioether (sulfide) groups is 1. The number of urea groups is 1. The number of carboxylic acid groups (broad SMARTS) is 1. The molecule has 0 aliphatic rings. The predicted molar refractivity (Wildman–Crippen MR) is 85.5 cm³/mol. The molecule has 0 bridgehead atoms. The van der Waals surface area contributed by atoms with Crippen LogP contribution >= 0.6 is 27.7 Å². The van der Waals surface area contributed by atoms with Gasteiger partial charge in [0.05, 0.1) is 0 Å². The number of hydrogen-bond donors (Lipinski definition) is 3. The van der Waals surface area contributed by atoms with Crippen LogP contribution in [0.1, 0.15) is 12.0 Å². The molecule has 0 heterocycles. The minimum absolute atomic E-state index is 0.392. The number of aryl methyl sites for hydroxylation is 1. The molecule has 0 aromatic heterocycles. The molecule has 0 saturated heterocycles. The molecule has 5 nitrogen and oxygen atoms in total. The van der Waals surface area contributed by atoms with E-state index in [0.717, 1.165) is 10.0 Å². The monoisotopic (exact) mass is 360 g/mol. The first-order chi connectivity index (χ1) is 9.43. The Morgan fingerprint density at radius 1 is 1.45 bits per heavy atom. The van der Waals surface area contributed by atoms with E-state index in [0.29, 0.717) is 17.9 Å². The van der Waals surface area contributed by atoms with Gasteiger partial charge in [0.2, 0.25) is 0 Å². The maximum Gasteiger partial charge on any atom is 0.326 e. The highest BCUT2D eigenvalue weighted by atomic mass is 79.9. The molecule has 1 rings (SSSR count). The number of carbonyl (C=O) groups is 2. The smallest absolute Gasteiger partial charge is 0.326 e. The van der Waals surface area contributed by atoms with Crippen LogP contribution in [0.4, 0.5) is 10.5 Å². The van der Waals surface area contributed by atoms with Crippen LogP contribution in [-0.4, -0.2) is 35.2 Å². The normalized spacial score (nSPS) is 11.8. The van der Waals surface area contributed by atoms with Crippen molar-refractivity contribution >= 4 is 45.4 Å². The Balaban J connectivity index is 2.60. The number of aliphatic carboxylic acids is 1. The van der Waals surface area contributed by atoms with E-state index in [4.69, 9.17) is 5.11 Å². The molecule has 0 radical (unpaired) electrons. The Hall–Kier alpha value is -1.21. The molecule has 2 amide bonds. The highest BCUT2D eigenvalue weighted by Gasteiger charge is 2.19. The SMILES string of the molecule is CSCC[C@H](NC(=O)Nc1ccc(Br)c(C)c1)C(=O)O. The summed E-state index contributed by atoms with van der Waals surface area (Å²) in [7, 11) is 0. The summed E-state index contributed by atoms with van der Waals surface area (Å²) in [6.45, 7) is 1.91. The number of nitrogens with one attached hydrogen (secondary N) is 2. The molecule has 0 unspecified atom stereocenters. The zero-order chi connectivity index (χ0) is 15.1. The highest BCUT2D eigenvalue weighted by Crippen LogP contribution is 2.19. The van der Waals surface area contributed by atoms with Crippen LogP contribution in [-0.2, 0) is 4.79 Å². The second-order valence-corrected chi connectivity index (χ2v) is 6.07. The zero-order valence-electron chi connectivity index (χ0n) is 11.3. The molecule has 1 aromatic rings. The van der Waals surface area contributed by atoms with Crippen LogP contribution in [0, 0.1) is 6.92 Å². The van der Waals surface area contributed by atoms with Gasteiger partial charge in [-0.25, -0.2) is 9.59 Å². The van der Waals surface area contributed by atoms with Crippen LogP contribution < -0.4 is 10.6 Å². The molecular formula is C13H17BrN2O3S. The Labute approximate surface area is 130 Å². The van der Waals surface area contributed by atoms with Crippen molar-refractivity contribution < 1.29 is 14.7 Å². The highest BCUT2D eigenvalue weighted by molar-refractivity contribution is 9.10. The third-order valence-corrected chi connectivity index (χ3v) is 4.16. The van der Waals surface area contributed by atoms with Crippen molar-refractivity contribution in [1.29, 1.82) is 0 Å². The number of halogens is 1. The van der Waals surface area contributed by atoms with E-state index >= 15 is 0 Å². The van der Waals surface area contributed by atoms with Crippen molar-refractivity contribution in [2.45, 2.75) is 19.4 Å². The van der Waals surface area contributed by atoms with Gasteiger partial charge in [0.15, 0.2) is 0 Å². The lowest BCUT2D eigenvalue weighted by Gasteiger charge is -2.15. The lowest BCUT2D eigenvalue weighted by Crippen LogP contribution is -2.43. The lowest BCUT2D eigenvalue weighted by molar-refractivity contribution is -0.139. The van der Waals surface area contributed by atoms with Gasteiger partial charge < -0.3 is 15.7 Å². The number of carbonyl (C=O) groups excluding carboxylic acids is 1. The van der Waals surface area contributed by atoms with Crippen LogP contribution in [0.25, 0.3) is 0 Å². The summed E-state index contributed by atoms with van der Waals surface area (Å²) in [6.07, 6.45) is 2.28. The summed E-state index contributed by atoms with van der Waals surface area (Å²) in [6, 6.07) is 3.99. The Bertz CT molecular complexity index is 497. The van der Waals surface area contributed by atoms with Crippen LogP contribution in [0.15, 0.2) is 22.7 Å². The summed E-state index contributed by atoms with van der Waals surface area (Å²) in [5.74, 6) is -0.351. The minimum atomic E-state index is -1.03. The summed E-state index contributed by atoms with van der Waals surface area (Å²) < 4.78 is 0.951. The van der Waals surface area contributed by atoms with Gasteiger partial charge in [0, 0.05) is 10.2 Å². The minimum Gasteiger partial charge on any atom is -0.480 e. The van der Waals surface area contributed by atoms with Crippen molar-refractivity contribution in [3.8, 4) is 0 Å². The molecule has 110 valence electrons. The van der Waals surface area contributed by atoms with Crippen molar-refractivity contribution in [3.05, 3.63) is 28.2 Å². The second-order valence-electron chi connectivity index (χ2n) is 4.23. The van der Waals surface area contributed by atoms with Crippen molar-refractivity contribution in [2.75, 3.05) is 17.3 Å². The van der Waals surface area contributed by atoms with Crippen molar-refractivity contribution in [3.63, 3.8) is 0 Å². The fourth-order valence-corrected chi connectivity index (χ4v) is 2.26. The molecule has 7 heteroatoms. The van der Waals surface area contributed by atoms with Gasteiger partial charge in [0.25, 0.3) is 0 Å². The standard InChI is InChI=1S/C13H17BrN2O3S/c1-8-7-9(3-4-10(8)14)15-13(19)16-11(12(17)18)5-6-20-2/h3-4,7,11H,5-6H2,1-2H3,(H,17,18)(H2,15,16,19)/t11-/m0/s1. The number of rotatable bonds is 6. The average Bonchev–Trinajstić information content (AvgIpc) is 2.38. The third-order valence-electron chi connectivity index (χ3n) is 2.63. The number of benzene rings is 1. The first-order valence-corrected chi connectivity index (χ1v) is 8.18. The van der Waals surface area contributed by atoms with E-state index in [9.17, 15) is 9.59 Å². The summed E-state index contributed by atoms with van der Waals surface area (Å²) >= 11 is 4.92. The van der Waals surface area contributed by atoms with Crippen LogP contribution in [0.5, 0.6) is 0 Å². The molecule has 0 aliphatic heterocycles. The largest absolute Gasteiger partial charge is 0.480 e. The molecule has 0 spiro atoms. The van der Waals surface area contributed by atoms with Crippen LogP contribution in [0.3, 0.4) is 0 Å². The quantitative estimate of drug-likeness (QED) is 0.728. The lowest BCUT2D eigenvalue weighted by atomic mass is 10.2. The van der Waals surface area contributed by atoms with E-state index < -0.39 is 18.0 Å². The number of carboxylic acids is 1. The van der Waals surface area contributed by atoms with Crippen molar-refractivity contribution in [1.82, 2.24) is 5.32 Å². The maximum atomic E-state index is 11.8. The van der Waals surface area contributed by atoms with E-state index in [-0.39, 0.29) is 0 Å². The van der Waals surface area contributed by atoms with Gasteiger partial charge in [-0.2, -0.15) is 11.8 Å². The zero-order valence-corrected chi connectivity index (χ0v) is 13.7. The van der Waals surface area contributed by atoms with Crippen molar-refractivity contribution in [2.24, 2.45) is 0 Å². The van der Waals surface area contributed by atoms with Gasteiger partial charge >= 0.3 is 12.0 Å². The predicted octanol–water partition coefficient (Wildman–Crippen LogP) is 3.09. The third kappa shape index (κ3) is 5.42.